The molecule has 220 valence electrons. The summed E-state index contributed by atoms with van der Waals surface area (Å²) in [6.45, 7) is 0. The summed E-state index contributed by atoms with van der Waals surface area (Å²) in [5, 5.41) is 2.23. The third kappa shape index (κ3) is 3.87. The van der Waals surface area contributed by atoms with Crippen LogP contribution in [0.25, 0.3) is 84.1 Å². The first kappa shape index (κ1) is 25.7. The van der Waals surface area contributed by atoms with E-state index in [4.69, 9.17) is 19.9 Å². The van der Waals surface area contributed by atoms with Crippen LogP contribution in [0.1, 0.15) is 0 Å². The van der Waals surface area contributed by atoms with Gasteiger partial charge in [0.1, 0.15) is 0 Å². The van der Waals surface area contributed by atoms with Gasteiger partial charge in [0.15, 0.2) is 11.6 Å². The van der Waals surface area contributed by atoms with Gasteiger partial charge in [-0.2, -0.15) is 9.97 Å². The number of nitrogens with zero attached hydrogens (tertiary/aromatic N) is 7. The monoisotopic (exact) mass is 603 g/mol. The lowest BCUT2D eigenvalue weighted by Crippen LogP contribution is -2.06. The molecule has 47 heavy (non-hydrogen) atoms. The van der Waals surface area contributed by atoms with E-state index in [0.717, 1.165) is 66.5 Å². The maximum atomic E-state index is 5.12. The molecule has 0 fully saturated rings. The summed E-state index contributed by atoms with van der Waals surface area (Å²) in [6, 6.07) is 52.0. The van der Waals surface area contributed by atoms with Crippen LogP contribution in [0.15, 0.2) is 152 Å². The number of para-hydroxylation sites is 4. The first-order valence-electron chi connectivity index (χ1n) is 15.6. The highest BCUT2D eigenvalue weighted by Gasteiger charge is 2.22. The predicted octanol–water partition coefficient (Wildman–Crippen LogP) is 9.05. The number of rotatable bonds is 4. The number of fused-ring (bicyclic) bond motifs is 8. The molecular formula is C40H25N7. The zero-order valence-corrected chi connectivity index (χ0v) is 25.1. The van der Waals surface area contributed by atoms with Crippen molar-refractivity contribution in [2.24, 2.45) is 0 Å². The zero-order valence-electron chi connectivity index (χ0n) is 25.1. The molecule has 7 nitrogen and oxygen atoms in total. The van der Waals surface area contributed by atoms with Crippen LogP contribution in [0.2, 0.25) is 0 Å². The van der Waals surface area contributed by atoms with Gasteiger partial charge < -0.3 is 0 Å². The summed E-state index contributed by atoms with van der Waals surface area (Å²) in [6.07, 6.45) is 0. The molecule has 0 spiro atoms. The van der Waals surface area contributed by atoms with E-state index in [2.05, 4.69) is 92.4 Å². The van der Waals surface area contributed by atoms with Gasteiger partial charge >= 0.3 is 0 Å². The van der Waals surface area contributed by atoms with Crippen molar-refractivity contribution in [3.8, 4) is 34.4 Å². The van der Waals surface area contributed by atoms with E-state index in [-0.39, 0.29) is 0 Å². The normalized spacial score (nSPS) is 11.8. The molecule has 6 aromatic carbocycles. The standard InChI is InChI=1S/C40H25N7/c1-4-14-26(15-5-1)37-42-38(27-16-6-2-7-17-27)44-39(43-37)46-32-22-12-10-20-29(32)30-24-35-36(25-34(30)46)45(28-18-8-3-9-19-28)40-41-31-21-11-13-23-33(31)47(35)40/h1-25H. The summed E-state index contributed by atoms with van der Waals surface area (Å²) in [5.74, 6) is 2.68. The second-order valence-electron chi connectivity index (χ2n) is 11.6. The lowest BCUT2D eigenvalue weighted by atomic mass is 10.1. The first-order valence-corrected chi connectivity index (χ1v) is 15.6. The molecule has 7 heteroatoms. The summed E-state index contributed by atoms with van der Waals surface area (Å²) in [7, 11) is 0. The fourth-order valence-corrected chi connectivity index (χ4v) is 6.80. The highest BCUT2D eigenvalue weighted by molar-refractivity contribution is 6.13. The maximum Gasteiger partial charge on any atom is 0.238 e. The molecular weight excluding hydrogens is 578 g/mol. The van der Waals surface area contributed by atoms with Gasteiger partial charge in [0.05, 0.1) is 33.1 Å². The second kappa shape index (κ2) is 9.95. The Labute approximate surface area is 268 Å². The summed E-state index contributed by atoms with van der Waals surface area (Å²) in [5.41, 5.74) is 9.10. The molecule has 0 bridgehead atoms. The topological polar surface area (TPSA) is 65.8 Å². The van der Waals surface area contributed by atoms with Gasteiger partial charge in [0, 0.05) is 27.6 Å². The molecule has 0 amide bonds. The average molecular weight is 604 g/mol. The Balaban J connectivity index is 1.35. The molecule has 0 aliphatic rings. The van der Waals surface area contributed by atoms with Crippen LogP contribution in [0.3, 0.4) is 0 Å². The minimum absolute atomic E-state index is 0.566. The predicted molar refractivity (Wildman–Crippen MR) is 188 cm³/mol. The number of benzene rings is 6. The Morgan fingerprint density at radius 2 is 0.979 bits per heavy atom. The Morgan fingerprint density at radius 3 is 1.68 bits per heavy atom. The van der Waals surface area contributed by atoms with Gasteiger partial charge in [0.25, 0.3) is 0 Å². The van der Waals surface area contributed by atoms with Gasteiger partial charge in [-0.25, -0.2) is 9.97 Å². The van der Waals surface area contributed by atoms with Crippen molar-refractivity contribution in [2.75, 3.05) is 0 Å². The number of imidazole rings is 2. The van der Waals surface area contributed by atoms with E-state index in [1.807, 2.05) is 72.8 Å². The summed E-state index contributed by atoms with van der Waals surface area (Å²) in [4.78, 5) is 20.3. The van der Waals surface area contributed by atoms with Crippen LogP contribution in [0.5, 0.6) is 0 Å². The van der Waals surface area contributed by atoms with Gasteiger partial charge in [-0.1, -0.05) is 109 Å². The molecule has 0 saturated heterocycles. The zero-order chi connectivity index (χ0) is 30.9. The van der Waals surface area contributed by atoms with Gasteiger partial charge in [-0.3, -0.25) is 13.5 Å². The second-order valence-corrected chi connectivity index (χ2v) is 11.6. The minimum Gasteiger partial charge on any atom is -0.278 e. The first-order chi connectivity index (χ1) is 23.3. The van der Waals surface area contributed by atoms with E-state index in [9.17, 15) is 0 Å². The molecule has 10 rings (SSSR count). The van der Waals surface area contributed by atoms with E-state index < -0.39 is 0 Å². The van der Waals surface area contributed by atoms with Crippen molar-refractivity contribution < 1.29 is 0 Å². The molecule has 10 aromatic rings. The number of hydrogen-bond acceptors (Lipinski definition) is 4. The Bertz CT molecular complexity index is 2720. The van der Waals surface area contributed by atoms with Crippen LogP contribution in [0, 0.1) is 0 Å². The van der Waals surface area contributed by atoms with E-state index in [1.54, 1.807) is 0 Å². The summed E-state index contributed by atoms with van der Waals surface area (Å²) < 4.78 is 6.69. The van der Waals surface area contributed by atoms with Gasteiger partial charge in [-0.05, 0) is 42.5 Å². The van der Waals surface area contributed by atoms with Crippen molar-refractivity contribution >= 4 is 49.7 Å². The Morgan fingerprint density at radius 1 is 0.383 bits per heavy atom. The van der Waals surface area contributed by atoms with E-state index >= 15 is 0 Å². The largest absolute Gasteiger partial charge is 0.278 e. The van der Waals surface area contributed by atoms with Crippen molar-refractivity contribution in [2.45, 2.75) is 0 Å². The molecule has 0 aliphatic heterocycles. The summed E-state index contributed by atoms with van der Waals surface area (Å²) >= 11 is 0. The lowest BCUT2D eigenvalue weighted by Gasteiger charge is -2.11. The van der Waals surface area contributed by atoms with Crippen molar-refractivity contribution in [1.82, 2.24) is 33.5 Å². The molecule has 0 N–H and O–H groups in total. The maximum absolute atomic E-state index is 5.12. The Kier molecular flexibility index (Phi) is 5.44. The van der Waals surface area contributed by atoms with Crippen molar-refractivity contribution in [3.05, 3.63) is 152 Å². The van der Waals surface area contributed by atoms with E-state index in [0.29, 0.717) is 17.6 Å². The van der Waals surface area contributed by atoms with Gasteiger partial charge in [0.2, 0.25) is 11.7 Å². The minimum atomic E-state index is 0.566. The SMILES string of the molecule is c1ccc(-c2nc(-c3ccccc3)nc(-n3c4ccccc4c4cc5c(cc43)n(-c3ccccc3)c3nc4ccccc4n53)n2)cc1. The van der Waals surface area contributed by atoms with Crippen LogP contribution in [-0.2, 0) is 0 Å². The fraction of sp³-hybridized carbons (Fsp3) is 0. The van der Waals surface area contributed by atoms with E-state index in [1.165, 1.54) is 0 Å². The molecule has 0 saturated carbocycles. The third-order valence-electron chi connectivity index (χ3n) is 8.90. The Hall–Kier alpha value is -6.60. The molecule has 0 atom stereocenters. The van der Waals surface area contributed by atoms with Gasteiger partial charge in [-0.15, -0.1) is 0 Å². The molecule has 4 aromatic heterocycles. The smallest absolute Gasteiger partial charge is 0.238 e. The highest BCUT2D eigenvalue weighted by Crippen LogP contribution is 2.38. The third-order valence-corrected chi connectivity index (χ3v) is 8.90. The molecule has 0 radical (unpaired) electrons. The highest BCUT2D eigenvalue weighted by atomic mass is 15.2. The van der Waals surface area contributed by atoms with Crippen LogP contribution in [0.4, 0.5) is 0 Å². The quantitative estimate of drug-likeness (QED) is 0.201. The molecule has 0 aliphatic carbocycles. The molecule has 0 unspecified atom stereocenters. The van der Waals surface area contributed by atoms with Crippen molar-refractivity contribution in [1.29, 1.82) is 0 Å². The number of hydrogen-bond donors (Lipinski definition) is 0. The lowest BCUT2D eigenvalue weighted by molar-refractivity contribution is 0.953. The van der Waals surface area contributed by atoms with Crippen LogP contribution in [-0.4, -0.2) is 33.5 Å². The molecule has 4 heterocycles. The average Bonchev–Trinajstić information content (AvgIpc) is 3.78. The van der Waals surface area contributed by atoms with Crippen LogP contribution < -0.4 is 0 Å². The number of aromatic nitrogens is 7. The fourth-order valence-electron chi connectivity index (χ4n) is 6.80. The van der Waals surface area contributed by atoms with Crippen molar-refractivity contribution in [3.63, 3.8) is 0 Å². The van der Waals surface area contributed by atoms with Crippen LogP contribution >= 0.6 is 0 Å².